The molecule has 1 heterocycles. The summed E-state index contributed by atoms with van der Waals surface area (Å²) in [4.78, 5) is 12.2. The minimum atomic E-state index is -4.93. The molecule has 0 atom stereocenters. The van der Waals surface area contributed by atoms with Gasteiger partial charge in [0.05, 0.1) is 22.4 Å². The van der Waals surface area contributed by atoms with E-state index in [0.29, 0.717) is 23.5 Å². The van der Waals surface area contributed by atoms with Crippen LogP contribution in [0.2, 0.25) is 0 Å². The molecule has 0 bridgehead atoms. The molecule has 0 aliphatic carbocycles. The van der Waals surface area contributed by atoms with Crippen molar-refractivity contribution in [1.29, 1.82) is 0 Å². The zero-order valence-electron chi connectivity index (χ0n) is 14.0. The monoisotopic (exact) mass is 379 g/mol. The highest BCUT2D eigenvalue weighted by atomic mass is 19.4. The van der Waals surface area contributed by atoms with Crippen LogP contribution in [-0.2, 0) is 25.9 Å². The molecule has 0 aliphatic heterocycles. The normalized spacial score (nSPS) is 12.3. The molecule has 4 nitrogen and oxygen atoms in total. The van der Waals surface area contributed by atoms with E-state index in [4.69, 9.17) is 0 Å². The van der Waals surface area contributed by atoms with Crippen LogP contribution in [0.15, 0.2) is 18.2 Å². The minimum Gasteiger partial charge on any atom is -0.348 e. The van der Waals surface area contributed by atoms with Crippen LogP contribution in [0.4, 0.5) is 26.3 Å². The quantitative estimate of drug-likeness (QED) is 0.820. The number of rotatable bonds is 3. The van der Waals surface area contributed by atoms with Crippen molar-refractivity contribution >= 4 is 5.91 Å². The summed E-state index contributed by atoms with van der Waals surface area (Å²) < 4.78 is 78.5. The third-order valence-corrected chi connectivity index (χ3v) is 3.84. The first-order valence-corrected chi connectivity index (χ1v) is 7.37. The van der Waals surface area contributed by atoms with Gasteiger partial charge < -0.3 is 5.32 Å². The highest BCUT2D eigenvalue weighted by molar-refractivity contribution is 5.96. The number of alkyl halides is 6. The molecule has 0 saturated carbocycles. The molecule has 2 rings (SSSR count). The Morgan fingerprint density at radius 3 is 1.92 bits per heavy atom. The van der Waals surface area contributed by atoms with E-state index in [1.807, 2.05) is 0 Å². The summed E-state index contributed by atoms with van der Waals surface area (Å²) >= 11 is 0. The van der Waals surface area contributed by atoms with Crippen molar-refractivity contribution < 1.29 is 31.1 Å². The SMILES string of the molecule is Cc1nn(C)c(C)c1C(=O)NCc1cc(C(F)(F)F)cc(C(F)(F)F)c1. The number of carbonyl (C=O) groups is 1. The highest BCUT2D eigenvalue weighted by Crippen LogP contribution is 2.36. The lowest BCUT2D eigenvalue weighted by Gasteiger charge is -2.14. The maximum atomic E-state index is 12.8. The molecule has 0 unspecified atom stereocenters. The fourth-order valence-electron chi connectivity index (χ4n) is 2.49. The van der Waals surface area contributed by atoms with Crippen LogP contribution in [0, 0.1) is 13.8 Å². The standard InChI is InChI=1S/C16H15F6N3O/c1-8-13(9(2)25(3)24-8)14(26)23-7-10-4-11(15(17,18)19)6-12(5-10)16(20,21)22/h4-6H,7H2,1-3H3,(H,23,26). The van der Waals surface area contributed by atoms with Crippen LogP contribution in [-0.4, -0.2) is 15.7 Å². The Hall–Kier alpha value is -2.52. The molecule has 10 heteroatoms. The maximum Gasteiger partial charge on any atom is 0.416 e. The Bertz CT molecular complexity index is 803. The number of nitrogens with one attached hydrogen (secondary N) is 1. The van der Waals surface area contributed by atoms with Crippen molar-refractivity contribution in [1.82, 2.24) is 15.1 Å². The summed E-state index contributed by atoms with van der Waals surface area (Å²) in [5, 5.41) is 6.38. The van der Waals surface area contributed by atoms with Crippen molar-refractivity contribution in [3.8, 4) is 0 Å². The molecule has 1 aromatic carbocycles. The number of hydrogen-bond donors (Lipinski definition) is 1. The predicted molar refractivity (Wildman–Crippen MR) is 80.3 cm³/mol. The minimum absolute atomic E-state index is 0.0424. The van der Waals surface area contributed by atoms with Gasteiger partial charge in [-0.15, -0.1) is 0 Å². The number of halogens is 6. The maximum absolute atomic E-state index is 12.8. The van der Waals surface area contributed by atoms with Crippen molar-refractivity contribution in [2.75, 3.05) is 0 Å². The van der Waals surface area contributed by atoms with Crippen LogP contribution >= 0.6 is 0 Å². The molecule has 0 saturated heterocycles. The van der Waals surface area contributed by atoms with E-state index in [2.05, 4.69) is 10.4 Å². The lowest BCUT2D eigenvalue weighted by Crippen LogP contribution is -2.24. The van der Waals surface area contributed by atoms with Gasteiger partial charge in [-0.25, -0.2) is 0 Å². The van der Waals surface area contributed by atoms with E-state index in [0.717, 1.165) is 0 Å². The van der Waals surface area contributed by atoms with E-state index in [9.17, 15) is 31.1 Å². The molecule has 26 heavy (non-hydrogen) atoms. The van der Waals surface area contributed by atoms with Gasteiger partial charge in [0.15, 0.2) is 0 Å². The molecule has 1 aromatic heterocycles. The molecular formula is C16H15F6N3O. The van der Waals surface area contributed by atoms with Crippen LogP contribution in [0.3, 0.4) is 0 Å². The molecule has 0 radical (unpaired) electrons. The first kappa shape index (κ1) is 19.8. The van der Waals surface area contributed by atoms with Gasteiger partial charge in [0, 0.05) is 19.3 Å². The summed E-state index contributed by atoms with van der Waals surface area (Å²) in [7, 11) is 1.61. The lowest BCUT2D eigenvalue weighted by atomic mass is 10.0. The second-order valence-electron chi connectivity index (χ2n) is 5.77. The Labute approximate surface area is 144 Å². The highest BCUT2D eigenvalue weighted by Gasteiger charge is 2.36. The number of carbonyl (C=O) groups excluding carboxylic acids is 1. The van der Waals surface area contributed by atoms with Gasteiger partial charge in [-0.2, -0.15) is 31.4 Å². The van der Waals surface area contributed by atoms with Gasteiger partial charge >= 0.3 is 12.4 Å². The fraction of sp³-hybridized carbons (Fsp3) is 0.375. The lowest BCUT2D eigenvalue weighted by molar-refractivity contribution is -0.143. The molecule has 1 amide bonds. The first-order valence-electron chi connectivity index (χ1n) is 7.37. The van der Waals surface area contributed by atoms with E-state index in [-0.39, 0.29) is 17.2 Å². The van der Waals surface area contributed by atoms with E-state index >= 15 is 0 Å². The summed E-state index contributed by atoms with van der Waals surface area (Å²) in [6, 6.07) is 1.21. The number of aromatic nitrogens is 2. The van der Waals surface area contributed by atoms with Gasteiger partial charge in [-0.05, 0) is 37.6 Å². The number of nitrogens with zero attached hydrogens (tertiary/aromatic N) is 2. The van der Waals surface area contributed by atoms with E-state index in [1.165, 1.54) is 4.68 Å². The first-order chi connectivity index (χ1) is 11.8. The van der Waals surface area contributed by atoms with Gasteiger partial charge in [0.2, 0.25) is 0 Å². The van der Waals surface area contributed by atoms with Crippen LogP contribution < -0.4 is 5.32 Å². The molecule has 0 fully saturated rings. The Morgan fingerprint density at radius 2 is 1.54 bits per heavy atom. The van der Waals surface area contributed by atoms with Gasteiger partial charge in [-0.1, -0.05) is 0 Å². The zero-order valence-corrected chi connectivity index (χ0v) is 14.0. The number of hydrogen-bond acceptors (Lipinski definition) is 2. The van der Waals surface area contributed by atoms with Crippen molar-refractivity contribution in [2.45, 2.75) is 32.7 Å². The predicted octanol–water partition coefficient (Wildman–Crippen LogP) is 4.00. The summed E-state index contributed by atoms with van der Waals surface area (Å²) in [6.07, 6.45) is -9.87. The Balaban J connectivity index is 2.30. The van der Waals surface area contributed by atoms with E-state index in [1.54, 1.807) is 20.9 Å². The molecule has 0 spiro atoms. The Morgan fingerprint density at radius 1 is 1.04 bits per heavy atom. The topological polar surface area (TPSA) is 46.9 Å². The summed E-state index contributed by atoms with van der Waals surface area (Å²) in [5.74, 6) is -0.626. The van der Waals surface area contributed by atoms with Crippen LogP contribution in [0.1, 0.15) is 38.4 Å². The Kier molecular flexibility index (Phi) is 5.07. The van der Waals surface area contributed by atoms with E-state index < -0.39 is 35.9 Å². The van der Waals surface area contributed by atoms with Gasteiger partial charge in [0.25, 0.3) is 5.91 Å². The third-order valence-electron chi connectivity index (χ3n) is 3.84. The fourth-order valence-corrected chi connectivity index (χ4v) is 2.49. The second-order valence-corrected chi connectivity index (χ2v) is 5.77. The second kappa shape index (κ2) is 6.65. The van der Waals surface area contributed by atoms with Crippen molar-refractivity contribution in [3.63, 3.8) is 0 Å². The van der Waals surface area contributed by atoms with Gasteiger partial charge in [-0.3, -0.25) is 9.48 Å². The van der Waals surface area contributed by atoms with Gasteiger partial charge in [0.1, 0.15) is 0 Å². The van der Waals surface area contributed by atoms with Crippen molar-refractivity contribution in [2.24, 2.45) is 7.05 Å². The smallest absolute Gasteiger partial charge is 0.348 e. The average molecular weight is 379 g/mol. The zero-order chi connectivity index (χ0) is 19.9. The van der Waals surface area contributed by atoms with Crippen LogP contribution in [0.5, 0.6) is 0 Å². The summed E-state index contributed by atoms with van der Waals surface area (Å²) in [5.41, 5.74) is -1.99. The molecule has 2 aromatic rings. The molecular weight excluding hydrogens is 364 g/mol. The molecule has 142 valence electrons. The molecule has 0 aliphatic rings. The number of amides is 1. The average Bonchev–Trinajstić information content (AvgIpc) is 2.75. The largest absolute Gasteiger partial charge is 0.416 e. The van der Waals surface area contributed by atoms with Crippen molar-refractivity contribution in [3.05, 3.63) is 51.8 Å². The summed E-state index contributed by atoms with van der Waals surface area (Å²) in [6.45, 7) is 2.72. The number of benzene rings is 1. The van der Waals surface area contributed by atoms with Crippen LogP contribution in [0.25, 0.3) is 0 Å². The third kappa shape index (κ3) is 4.17. The number of aryl methyl sites for hydroxylation is 2. The molecule has 1 N–H and O–H groups in total.